The van der Waals surface area contributed by atoms with Gasteiger partial charge in [-0.3, -0.25) is 4.57 Å². The molecular weight excluding hydrogens is 771 g/mol. The van der Waals surface area contributed by atoms with E-state index in [4.69, 9.17) is 29.9 Å². The van der Waals surface area contributed by atoms with Gasteiger partial charge in [-0.05, 0) is 65.7 Å². The van der Waals surface area contributed by atoms with Gasteiger partial charge >= 0.3 is 0 Å². The van der Waals surface area contributed by atoms with E-state index in [0.717, 1.165) is 84.0 Å². The van der Waals surface area contributed by atoms with E-state index < -0.39 is 0 Å². The Morgan fingerprint density at radius 2 is 0.667 bits per heavy atom. The fraction of sp³-hybridized carbons (Fsp3) is 0. The van der Waals surface area contributed by atoms with Crippen LogP contribution in [0.15, 0.2) is 224 Å². The first-order valence-electron chi connectivity index (χ1n) is 20.9. The summed E-state index contributed by atoms with van der Waals surface area (Å²) in [5, 5.41) is 0. The van der Waals surface area contributed by atoms with E-state index >= 15 is 0 Å². The maximum absolute atomic E-state index is 5.23. The van der Waals surface area contributed by atoms with Crippen molar-refractivity contribution in [1.29, 1.82) is 0 Å². The molecule has 0 bridgehead atoms. The third kappa shape index (κ3) is 7.56. The van der Waals surface area contributed by atoms with Crippen LogP contribution in [0.25, 0.3) is 107 Å². The highest BCUT2D eigenvalue weighted by molar-refractivity contribution is 5.84. The molecule has 7 heteroatoms. The minimum absolute atomic E-state index is 0.609. The van der Waals surface area contributed by atoms with Crippen LogP contribution in [0, 0.1) is 0 Å². The number of para-hydroxylation sites is 2. The molecule has 0 saturated heterocycles. The second kappa shape index (κ2) is 16.4. The van der Waals surface area contributed by atoms with Gasteiger partial charge in [-0.2, -0.15) is 0 Å². The van der Waals surface area contributed by atoms with Gasteiger partial charge in [-0.15, -0.1) is 0 Å². The fourth-order valence-electron chi connectivity index (χ4n) is 7.94. The van der Waals surface area contributed by atoms with E-state index in [1.807, 2.05) is 103 Å². The van der Waals surface area contributed by atoms with E-state index in [1.54, 1.807) is 0 Å². The van der Waals surface area contributed by atoms with Crippen molar-refractivity contribution in [2.45, 2.75) is 0 Å². The van der Waals surface area contributed by atoms with Gasteiger partial charge in [0.25, 0.3) is 0 Å². The number of fused-ring (bicyclic) bond motifs is 1. The Bertz CT molecular complexity index is 3310. The molecule has 0 atom stereocenters. The molecule has 11 aromatic rings. The first-order valence-corrected chi connectivity index (χ1v) is 20.9. The number of rotatable bonds is 9. The zero-order valence-electron chi connectivity index (χ0n) is 34.0. The van der Waals surface area contributed by atoms with E-state index in [0.29, 0.717) is 23.3 Å². The van der Waals surface area contributed by atoms with Crippen LogP contribution in [0.3, 0.4) is 0 Å². The lowest BCUT2D eigenvalue weighted by molar-refractivity contribution is 1.07. The number of benzene rings is 8. The van der Waals surface area contributed by atoms with Gasteiger partial charge in [0, 0.05) is 44.6 Å². The number of nitrogens with zero attached hydrogens (tertiary/aromatic N) is 7. The highest BCUT2D eigenvalue weighted by atomic mass is 15.1. The Hall–Kier alpha value is -8.68. The monoisotopic (exact) mass is 807 g/mol. The molecule has 11 rings (SSSR count). The lowest BCUT2D eigenvalue weighted by Gasteiger charge is -2.13. The quantitative estimate of drug-likeness (QED) is 0.144. The molecule has 0 spiro atoms. The first kappa shape index (κ1) is 37.3. The number of imidazole rings is 1. The SMILES string of the molecule is c1ccc(-c2cc(-c3cccc(-c4cccc(-c5nc(-c6ccccc6)nc(-c6ccccc6)n5)c4)c3)nc(-c3ccc(-n4c(-c5ccccc5)nc5ccccc54)cc3)n2)cc1. The summed E-state index contributed by atoms with van der Waals surface area (Å²) in [6.07, 6.45) is 0. The summed E-state index contributed by atoms with van der Waals surface area (Å²) in [6, 6.07) is 76.3. The highest BCUT2D eigenvalue weighted by Crippen LogP contribution is 2.34. The zero-order valence-corrected chi connectivity index (χ0v) is 34.0. The second-order valence-corrected chi connectivity index (χ2v) is 15.2. The Kier molecular flexibility index (Phi) is 9.72. The molecule has 0 amide bonds. The lowest BCUT2D eigenvalue weighted by atomic mass is 9.99. The van der Waals surface area contributed by atoms with Crippen LogP contribution in [0.2, 0.25) is 0 Å². The molecule has 3 heterocycles. The molecule has 63 heavy (non-hydrogen) atoms. The number of hydrogen-bond acceptors (Lipinski definition) is 6. The average Bonchev–Trinajstić information content (AvgIpc) is 3.77. The summed E-state index contributed by atoms with van der Waals surface area (Å²) < 4.78 is 2.22. The highest BCUT2D eigenvalue weighted by Gasteiger charge is 2.17. The summed E-state index contributed by atoms with van der Waals surface area (Å²) in [7, 11) is 0. The molecule has 0 unspecified atom stereocenters. The molecule has 0 fully saturated rings. The standard InChI is InChI=1S/C56H37N7/c1-5-17-38(18-6-1)49-37-50(58-52(57-49)41-31-33-47(34-32-41)63-51-30-14-13-29-48(51)59-56(63)42-23-11-4-12-24-42)45-27-15-25-43(35-45)44-26-16-28-46(36-44)55-61-53(39-19-7-2-8-20-39)60-54(62-55)40-21-9-3-10-22-40/h1-37H. The lowest BCUT2D eigenvalue weighted by Crippen LogP contribution is -2.00. The number of hydrogen-bond donors (Lipinski definition) is 0. The van der Waals surface area contributed by atoms with Crippen LogP contribution in [-0.2, 0) is 0 Å². The molecule has 0 N–H and O–H groups in total. The fourth-order valence-corrected chi connectivity index (χ4v) is 7.94. The van der Waals surface area contributed by atoms with Gasteiger partial charge in [0.05, 0.1) is 22.4 Å². The van der Waals surface area contributed by atoms with Crippen LogP contribution < -0.4 is 0 Å². The minimum atomic E-state index is 0.609. The molecule has 0 aliphatic heterocycles. The van der Waals surface area contributed by atoms with Crippen molar-refractivity contribution >= 4 is 11.0 Å². The predicted octanol–water partition coefficient (Wildman–Crippen LogP) is 13.3. The van der Waals surface area contributed by atoms with Crippen molar-refractivity contribution in [3.8, 4) is 96.3 Å². The minimum Gasteiger partial charge on any atom is -0.292 e. The number of aromatic nitrogens is 7. The molecule has 3 aromatic heterocycles. The van der Waals surface area contributed by atoms with E-state index in [2.05, 4.69) is 126 Å². The van der Waals surface area contributed by atoms with E-state index in [9.17, 15) is 0 Å². The smallest absolute Gasteiger partial charge is 0.164 e. The van der Waals surface area contributed by atoms with Crippen molar-refractivity contribution in [2.24, 2.45) is 0 Å². The van der Waals surface area contributed by atoms with Crippen LogP contribution in [-0.4, -0.2) is 34.5 Å². The second-order valence-electron chi connectivity index (χ2n) is 15.2. The van der Waals surface area contributed by atoms with Crippen LogP contribution in [0.5, 0.6) is 0 Å². The van der Waals surface area contributed by atoms with E-state index in [1.165, 1.54) is 0 Å². The summed E-state index contributed by atoms with van der Waals surface area (Å²) >= 11 is 0. The van der Waals surface area contributed by atoms with E-state index in [-0.39, 0.29) is 0 Å². The molecule has 0 radical (unpaired) electrons. The normalized spacial score (nSPS) is 11.2. The van der Waals surface area contributed by atoms with Gasteiger partial charge in [0.2, 0.25) is 0 Å². The molecule has 0 aliphatic carbocycles. The molecule has 8 aromatic carbocycles. The summed E-state index contributed by atoms with van der Waals surface area (Å²) in [6.45, 7) is 0. The Morgan fingerprint density at radius 3 is 1.27 bits per heavy atom. The van der Waals surface area contributed by atoms with Crippen molar-refractivity contribution in [2.75, 3.05) is 0 Å². The van der Waals surface area contributed by atoms with Crippen molar-refractivity contribution < 1.29 is 0 Å². The predicted molar refractivity (Wildman–Crippen MR) is 254 cm³/mol. The largest absolute Gasteiger partial charge is 0.292 e. The molecule has 296 valence electrons. The van der Waals surface area contributed by atoms with Crippen LogP contribution >= 0.6 is 0 Å². The van der Waals surface area contributed by atoms with Gasteiger partial charge in [0.15, 0.2) is 23.3 Å². The maximum atomic E-state index is 5.23. The first-order chi connectivity index (χ1) is 31.2. The average molecular weight is 808 g/mol. The molecule has 7 nitrogen and oxygen atoms in total. The van der Waals surface area contributed by atoms with Crippen molar-refractivity contribution in [3.05, 3.63) is 224 Å². The Balaban J connectivity index is 0.972. The Morgan fingerprint density at radius 1 is 0.254 bits per heavy atom. The summed E-state index contributed by atoms with van der Waals surface area (Å²) in [5.74, 6) is 3.39. The van der Waals surface area contributed by atoms with Crippen LogP contribution in [0.4, 0.5) is 0 Å². The Labute approximate surface area is 364 Å². The molecule has 0 aliphatic rings. The van der Waals surface area contributed by atoms with Gasteiger partial charge in [-0.25, -0.2) is 29.9 Å². The third-order valence-electron chi connectivity index (χ3n) is 11.1. The zero-order chi connectivity index (χ0) is 42.0. The summed E-state index contributed by atoms with van der Waals surface area (Å²) in [5.41, 5.74) is 13.5. The van der Waals surface area contributed by atoms with Gasteiger partial charge in [-0.1, -0.05) is 170 Å². The van der Waals surface area contributed by atoms with Crippen LogP contribution in [0.1, 0.15) is 0 Å². The topological polar surface area (TPSA) is 82.3 Å². The molecule has 0 saturated carbocycles. The molecular formula is C56H37N7. The van der Waals surface area contributed by atoms with Crippen molar-refractivity contribution in [1.82, 2.24) is 34.5 Å². The van der Waals surface area contributed by atoms with Gasteiger partial charge in [0.1, 0.15) is 5.82 Å². The summed E-state index contributed by atoms with van der Waals surface area (Å²) in [4.78, 5) is 30.3. The maximum Gasteiger partial charge on any atom is 0.164 e. The van der Waals surface area contributed by atoms with Gasteiger partial charge < -0.3 is 0 Å². The van der Waals surface area contributed by atoms with Crippen molar-refractivity contribution in [3.63, 3.8) is 0 Å². The third-order valence-corrected chi connectivity index (χ3v) is 11.1.